The zero-order valence-electron chi connectivity index (χ0n) is 12.9. The van der Waals surface area contributed by atoms with Crippen LogP contribution < -0.4 is 10.1 Å². The Morgan fingerprint density at radius 2 is 2.04 bits per heavy atom. The van der Waals surface area contributed by atoms with Gasteiger partial charge in [0.1, 0.15) is 17.8 Å². The average Bonchev–Trinajstić information content (AvgIpc) is 2.55. The van der Waals surface area contributed by atoms with Crippen molar-refractivity contribution < 1.29 is 14.5 Å². The van der Waals surface area contributed by atoms with Crippen molar-refractivity contribution in [3.05, 3.63) is 57.8 Å². The van der Waals surface area contributed by atoms with E-state index in [1.54, 1.807) is 6.92 Å². The molecule has 1 aromatic heterocycles. The number of anilines is 1. The zero-order chi connectivity index (χ0) is 16.8. The third-order valence-electron chi connectivity index (χ3n) is 3.23. The summed E-state index contributed by atoms with van der Waals surface area (Å²) in [6, 6.07) is 8.85. The number of ether oxygens (including phenoxy) is 1. The molecule has 7 heteroatoms. The Morgan fingerprint density at radius 3 is 2.61 bits per heavy atom. The summed E-state index contributed by atoms with van der Waals surface area (Å²) in [6.07, 6.45) is 2.04. The van der Waals surface area contributed by atoms with Crippen molar-refractivity contribution in [1.82, 2.24) is 4.98 Å². The molecule has 0 spiro atoms. The molecule has 1 amide bonds. The molecule has 120 valence electrons. The maximum atomic E-state index is 11.9. The van der Waals surface area contributed by atoms with Crippen LogP contribution in [-0.2, 0) is 11.2 Å². The number of nitrogens with zero attached hydrogens (tertiary/aromatic N) is 2. The van der Waals surface area contributed by atoms with E-state index < -0.39 is 4.92 Å². The molecule has 0 saturated heterocycles. The van der Waals surface area contributed by atoms with Crippen LogP contribution in [0.2, 0.25) is 0 Å². The summed E-state index contributed by atoms with van der Waals surface area (Å²) in [5.41, 5.74) is 1.58. The number of benzene rings is 1. The minimum atomic E-state index is -0.533. The Hall–Kier alpha value is -2.96. The zero-order valence-corrected chi connectivity index (χ0v) is 12.9. The highest BCUT2D eigenvalue weighted by molar-refractivity contribution is 5.91. The quantitative estimate of drug-likeness (QED) is 0.653. The van der Waals surface area contributed by atoms with E-state index in [4.69, 9.17) is 4.74 Å². The second kappa shape index (κ2) is 7.35. The fourth-order valence-corrected chi connectivity index (χ4v) is 1.93. The summed E-state index contributed by atoms with van der Waals surface area (Å²) < 4.78 is 5.39. The topological polar surface area (TPSA) is 94.4 Å². The van der Waals surface area contributed by atoms with Gasteiger partial charge in [-0.2, -0.15) is 0 Å². The van der Waals surface area contributed by atoms with Gasteiger partial charge in [-0.1, -0.05) is 19.1 Å². The molecule has 1 heterocycles. The smallest absolute Gasteiger partial charge is 0.287 e. The van der Waals surface area contributed by atoms with E-state index >= 15 is 0 Å². The maximum Gasteiger partial charge on any atom is 0.287 e. The maximum absolute atomic E-state index is 11.9. The summed E-state index contributed by atoms with van der Waals surface area (Å²) in [5, 5.41) is 13.2. The Morgan fingerprint density at radius 1 is 1.35 bits per heavy atom. The lowest BCUT2D eigenvalue weighted by Crippen LogP contribution is -2.21. The van der Waals surface area contributed by atoms with Gasteiger partial charge in [-0.05, 0) is 36.6 Å². The fourth-order valence-electron chi connectivity index (χ4n) is 1.93. The van der Waals surface area contributed by atoms with E-state index in [0.29, 0.717) is 11.3 Å². The van der Waals surface area contributed by atoms with Gasteiger partial charge in [0, 0.05) is 6.07 Å². The van der Waals surface area contributed by atoms with Gasteiger partial charge in [-0.25, -0.2) is 4.98 Å². The third-order valence-corrected chi connectivity index (χ3v) is 3.23. The van der Waals surface area contributed by atoms with Crippen molar-refractivity contribution in [3.63, 3.8) is 0 Å². The predicted molar refractivity (Wildman–Crippen MR) is 85.6 cm³/mol. The van der Waals surface area contributed by atoms with Gasteiger partial charge in [-0.15, -0.1) is 0 Å². The number of nitrogens with one attached hydrogen (secondary N) is 1. The Labute approximate surface area is 133 Å². The molecule has 0 fully saturated rings. The minimum absolute atomic E-state index is 0.118. The van der Waals surface area contributed by atoms with Crippen molar-refractivity contribution in [1.29, 1.82) is 0 Å². The minimum Gasteiger partial charge on any atom is -0.484 e. The molecule has 0 aliphatic carbocycles. The highest BCUT2D eigenvalue weighted by atomic mass is 16.6. The normalized spacial score (nSPS) is 10.2. The third kappa shape index (κ3) is 4.50. The van der Waals surface area contributed by atoms with E-state index in [9.17, 15) is 14.9 Å². The summed E-state index contributed by atoms with van der Waals surface area (Å²) >= 11 is 0. The van der Waals surface area contributed by atoms with Gasteiger partial charge in [0.15, 0.2) is 6.61 Å². The second-order valence-electron chi connectivity index (χ2n) is 4.95. The molecule has 0 saturated carbocycles. The number of hydrogen-bond acceptors (Lipinski definition) is 5. The molecule has 0 bridgehead atoms. The fraction of sp³-hybridized carbons (Fsp3) is 0.250. The van der Waals surface area contributed by atoms with Crippen LogP contribution in [0.3, 0.4) is 0 Å². The van der Waals surface area contributed by atoms with Gasteiger partial charge in [0.25, 0.3) is 11.6 Å². The van der Waals surface area contributed by atoms with Crippen molar-refractivity contribution >= 4 is 17.4 Å². The average molecular weight is 315 g/mol. The monoisotopic (exact) mass is 315 g/mol. The van der Waals surface area contributed by atoms with E-state index in [1.165, 1.54) is 11.6 Å². The lowest BCUT2D eigenvalue weighted by molar-refractivity contribution is -0.385. The summed E-state index contributed by atoms with van der Waals surface area (Å²) in [4.78, 5) is 25.9. The standard InChI is InChI=1S/C16H17N3O4/c1-3-12-4-6-14(7-5-12)23-10-15(20)18-16-11(2)8-13(9-17-16)19(21)22/h4-9H,3,10H2,1-2H3,(H,17,18,20). The number of pyridine rings is 1. The molecule has 23 heavy (non-hydrogen) atoms. The van der Waals surface area contributed by atoms with E-state index in [0.717, 1.165) is 12.6 Å². The highest BCUT2D eigenvalue weighted by Crippen LogP contribution is 2.18. The van der Waals surface area contributed by atoms with Crippen LogP contribution in [0.4, 0.5) is 11.5 Å². The number of aromatic nitrogens is 1. The van der Waals surface area contributed by atoms with Crippen LogP contribution in [0.15, 0.2) is 36.5 Å². The van der Waals surface area contributed by atoms with Crippen LogP contribution in [-0.4, -0.2) is 22.4 Å². The molecule has 1 aromatic carbocycles. The molecular weight excluding hydrogens is 298 g/mol. The molecular formula is C16H17N3O4. The van der Waals surface area contributed by atoms with Gasteiger partial charge in [-0.3, -0.25) is 14.9 Å². The molecule has 1 N–H and O–H groups in total. The lowest BCUT2D eigenvalue weighted by atomic mass is 10.2. The van der Waals surface area contributed by atoms with E-state index in [-0.39, 0.29) is 24.0 Å². The molecule has 0 atom stereocenters. The predicted octanol–water partition coefficient (Wildman–Crippen LogP) is 2.88. The van der Waals surface area contributed by atoms with Crippen LogP contribution in [0.1, 0.15) is 18.1 Å². The first-order valence-electron chi connectivity index (χ1n) is 7.12. The van der Waals surface area contributed by atoms with Crippen molar-refractivity contribution in [2.24, 2.45) is 0 Å². The van der Waals surface area contributed by atoms with E-state index in [2.05, 4.69) is 17.2 Å². The van der Waals surface area contributed by atoms with Gasteiger partial charge in [0.05, 0.1) is 4.92 Å². The lowest BCUT2D eigenvalue weighted by Gasteiger charge is -2.09. The number of nitro groups is 1. The first-order valence-corrected chi connectivity index (χ1v) is 7.12. The largest absolute Gasteiger partial charge is 0.484 e. The van der Waals surface area contributed by atoms with Gasteiger partial charge >= 0.3 is 0 Å². The number of rotatable bonds is 6. The number of carbonyl (C=O) groups is 1. The first kappa shape index (κ1) is 16.4. The van der Waals surface area contributed by atoms with Crippen LogP contribution >= 0.6 is 0 Å². The van der Waals surface area contributed by atoms with Crippen LogP contribution in [0, 0.1) is 17.0 Å². The Bertz CT molecular complexity index is 714. The number of aryl methyl sites for hydroxylation is 2. The molecule has 2 rings (SSSR count). The van der Waals surface area contributed by atoms with Crippen molar-refractivity contribution in [3.8, 4) is 5.75 Å². The SMILES string of the molecule is CCc1ccc(OCC(=O)Nc2ncc([N+](=O)[O-])cc2C)cc1. The first-order chi connectivity index (χ1) is 11.0. The van der Waals surface area contributed by atoms with Gasteiger partial charge < -0.3 is 10.1 Å². The molecule has 0 radical (unpaired) electrons. The number of amides is 1. The van der Waals surface area contributed by atoms with Gasteiger partial charge in [0.2, 0.25) is 0 Å². The second-order valence-corrected chi connectivity index (χ2v) is 4.95. The molecule has 0 aliphatic heterocycles. The molecule has 2 aromatic rings. The number of hydrogen-bond donors (Lipinski definition) is 1. The summed E-state index contributed by atoms with van der Waals surface area (Å²) in [6.45, 7) is 3.53. The van der Waals surface area contributed by atoms with Crippen LogP contribution in [0.5, 0.6) is 5.75 Å². The highest BCUT2D eigenvalue weighted by Gasteiger charge is 2.12. The van der Waals surface area contributed by atoms with Crippen molar-refractivity contribution in [2.75, 3.05) is 11.9 Å². The Kier molecular flexibility index (Phi) is 5.24. The van der Waals surface area contributed by atoms with Crippen LogP contribution in [0.25, 0.3) is 0 Å². The summed E-state index contributed by atoms with van der Waals surface area (Å²) in [5.74, 6) is 0.505. The molecule has 7 nitrogen and oxygen atoms in total. The Balaban J connectivity index is 1.92. The number of carbonyl (C=O) groups excluding carboxylic acids is 1. The van der Waals surface area contributed by atoms with E-state index in [1.807, 2.05) is 24.3 Å². The summed E-state index contributed by atoms with van der Waals surface area (Å²) in [7, 11) is 0. The van der Waals surface area contributed by atoms with Crippen molar-refractivity contribution in [2.45, 2.75) is 20.3 Å². The molecule has 0 unspecified atom stereocenters. The molecule has 0 aliphatic rings.